The van der Waals surface area contributed by atoms with Gasteiger partial charge in [-0.15, -0.1) is 5.10 Å². The number of aromatic hydroxyl groups is 1. The lowest BCUT2D eigenvalue weighted by Crippen LogP contribution is -2.17. The standard InChI is InChI=1S/C10H8N4O3/c15-4-8-12-9-6-2-1-5(16)3-7(6)11-10(17)14(9)13-8/h1-3,15-16H,4H2,(H,11,17). The highest BCUT2D eigenvalue weighted by atomic mass is 16.3. The second kappa shape index (κ2) is 3.29. The van der Waals surface area contributed by atoms with Crippen LogP contribution in [0.4, 0.5) is 0 Å². The molecule has 86 valence electrons. The molecule has 0 aliphatic rings. The zero-order chi connectivity index (χ0) is 12.0. The molecule has 0 spiro atoms. The van der Waals surface area contributed by atoms with Crippen LogP contribution in [0.5, 0.6) is 5.75 Å². The highest BCUT2D eigenvalue weighted by Crippen LogP contribution is 2.19. The van der Waals surface area contributed by atoms with Gasteiger partial charge in [0.25, 0.3) is 0 Å². The molecule has 0 unspecified atom stereocenters. The van der Waals surface area contributed by atoms with Gasteiger partial charge in [0.2, 0.25) is 0 Å². The Balaban J connectivity index is 2.54. The van der Waals surface area contributed by atoms with Gasteiger partial charge < -0.3 is 15.2 Å². The second-order valence-corrected chi connectivity index (χ2v) is 3.58. The molecular formula is C10H8N4O3. The number of benzene rings is 1. The molecular weight excluding hydrogens is 224 g/mol. The molecule has 0 bridgehead atoms. The first-order valence-electron chi connectivity index (χ1n) is 4.90. The largest absolute Gasteiger partial charge is 0.508 e. The van der Waals surface area contributed by atoms with Gasteiger partial charge in [0.1, 0.15) is 12.4 Å². The van der Waals surface area contributed by atoms with Crippen LogP contribution in [-0.2, 0) is 6.61 Å². The normalized spacial score (nSPS) is 11.4. The number of hydrogen-bond donors (Lipinski definition) is 3. The molecule has 2 aromatic heterocycles. The lowest BCUT2D eigenvalue weighted by atomic mass is 10.2. The molecule has 0 fully saturated rings. The summed E-state index contributed by atoms with van der Waals surface area (Å²) in [5.41, 5.74) is 0.359. The van der Waals surface area contributed by atoms with Crippen LogP contribution in [-0.4, -0.2) is 29.8 Å². The van der Waals surface area contributed by atoms with Gasteiger partial charge in [-0.1, -0.05) is 0 Å². The molecule has 0 saturated heterocycles. The van der Waals surface area contributed by atoms with Crippen LogP contribution in [0.25, 0.3) is 16.6 Å². The number of rotatable bonds is 1. The van der Waals surface area contributed by atoms with Gasteiger partial charge in [-0.2, -0.15) is 4.52 Å². The summed E-state index contributed by atoms with van der Waals surface area (Å²) in [4.78, 5) is 18.3. The van der Waals surface area contributed by atoms with Gasteiger partial charge in [-0.05, 0) is 12.1 Å². The van der Waals surface area contributed by atoms with Gasteiger partial charge in [-0.25, -0.2) is 9.78 Å². The lowest BCUT2D eigenvalue weighted by Gasteiger charge is -1.99. The number of nitrogens with one attached hydrogen (secondary N) is 1. The maximum absolute atomic E-state index is 11.7. The second-order valence-electron chi connectivity index (χ2n) is 3.58. The Hall–Kier alpha value is -2.41. The fourth-order valence-corrected chi connectivity index (χ4v) is 1.74. The maximum atomic E-state index is 11.7. The van der Waals surface area contributed by atoms with E-state index in [1.54, 1.807) is 6.07 Å². The average Bonchev–Trinajstić information content (AvgIpc) is 2.73. The Labute approximate surface area is 94.0 Å². The molecule has 3 rings (SSSR count). The van der Waals surface area contributed by atoms with Crippen LogP contribution in [0.15, 0.2) is 23.0 Å². The van der Waals surface area contributed by atoms with E-state index in [1.165, 1.54) is 12.1 Å². The molecule has 7 heteroatoms. The third kappa shape index (κ3) is 1.36. The van der Waals surface area contributed by atoms with E-state index in [9.17, 15) is 9.90 Å². The first kappa shape index (κ1) is 9.79. The van der Waals surface area contributed by atoms with Crippen molar-refractivity contribution in [1.29, 1.82) is 0 Å². The summed E-state index contributed by atoms with van der Waals surface area (Å²) < 4.78 is 1.09. The smallest absolute Gasteiger partial charge is 0.348 e. The number of nitrogens with zero attached hydrogens (tertiary/aromatic N) is 3. The first-order chi connectivity index (χ1) is 8.19. The van der Waals surface area contributed by atoms with Crippen LogP contribution in [0.3, 0.4) is 0 Å². The minimum absolute atomic E-state index is 0.0550. The molecule has 3 aromatic rings. The molecule has 0 amide bonds. The summed E-state index contributed by atoms with van der Waals surface area (Å²) in [6.45, 7) is -0.333. The molecule has 0 atom stereocenters. The number of aromatic nitrogens is 4. The number of fused-ring (bicyclic) bond motifs is 3. The van der Waals surface area contributed by atoms with Crippen molar-refractivity contribution < 1.29 is 10.2 Å². The quantitative estimate of drug-likeness (QED) is 0.537. The van der Waals surface area contributed by atoms with Gasteiger partial charge in [-0.3, -0.25) is 0 Å². The summed E-state index contributed by atoms with van der Waals surface area (Å²) in [5, 5.41) is 22.8. The molecule has 0 aliphatic carbocycles. The Morgan fingerprint density at radius 3 is 3.00 bits per heavy atom. The SMILES string of the molecule is O=c1[nH]c2cc(O)ccc2c2nc(CO)nn12. The van der Waals surface area contributed by atoms with Crippen molar-refractivity contribution in [2.45, 2.75) is 6.61 Å². The Morgan fingerprint density at radius 2 is 2.24 bits per heavy atom. The van der Waals surface area contributed by atoms with Crippen molar-refractivity contribution in [2.24, 2.45) is 0 Å². The van der Waals surface area contributed by atoms with Crippen molar-refractivity contribution in [1.82, 2.24) is 19.6 Å². The maximum Gasteiger partial charge on any atom is 0.348 e. The third-order valence-electron chi connectivity index (χ3n) is 2.47. The van der Waals surface area contributed by atoms with E-state index in [2.05, 4.69) is 15.1 Å². The lowest BCUT2D eigenvalue weighted by molar-refractivity contribution is 0.271. The van der Waals surface area contributed by atoms with Crippen molar-refractivity contribution in [3.8, 4) is 5.75 Å². The van der Waals surface area contributed by atoms with Gasteiger partial charge in [0.05, 0.1) is 5.52 Å². The minimum atomic E-state index is -0.467. The average molecular weight is 232 g/mol. The van der Waals surface area contributed by atoms with Gasteiger partial charge >= 0.3 is 5.69 Å². The fourth-order valence-electron chi connectivity index (χ4n) is 1.74. The van der Waals surface area contributed by atoms with Crippen molar-refractivity contribution in [2.75, 3.05) is 0 Å². The highest BCUT2D eigenvalue weighted by Gasteiger charge is 2.10. The molecule has 1 aromatic carbocycles. The Morgan fingerprint density at radius 1 is 1.41 bits per heavy atom. The summed E-state index contributed by atoms with van der Waals surface area (Å²) in [6, 6.07) is 4.56. The van der Waals surface area contributed by atoms with Crippen LogP contribution in [0, 0.1) is 0 Å². The van der Waals surface area contributed by atoms with Crippen molar-refractivity contribution >= 4 is 16.6 Å². The molecule has 7 nitrogen and oxygen atoms in total. The third-order valence-corrected chi connectivity index (χ3v) is 2.47. The summed E-state index contributed by atoms with van der Waals surface area (Å²) in [6.07, 6.45) is 0. The van der Waals surface area contributed by atoms with E-state index < -0.39 is 5.69 Å². The van der Waals surface area contributed by atoms with E-state index in [4.69, 9.17) is 5.11 Å². The number of phenolic OH excluding ortho intramolecular Hbond substituents is 1. The van der Waals surface area contributed by atoms with E-state index in [0.717, 1.165) is 4.52 Å². The van der Waals surface area contributed by atoms with Crippen molar-refractivity contribution in [3.05, 3.63) is 34.5 Å². The predicted molar refractivity (Wildman–Crippen MR) is 58.7 cm³/mol. The van der Waals surface area contributed by atoms with Crippen LogP contribution in [0.1, 0.15) is 5.82 Å². The van der Waals surface area contributed by atoms with Crippen molar-refractivity contribution in [3.63, 3.8) is 0 Å². The Bertz CT molecular complexity index is 774. The molecule has 17 heavy (non-hydrogen) atoms. The zero-order valence-corrected chi connectivity index (χ0v) is 8.58. The summed E-state index contributed by atoms with van der Waals surface area (Å²) >= 11 is 0. The predicted octanol–water partition coefficient (Wildman–Crippen LogP) is -0.231. The molecule has 0 saturated carbocycles. The number of H-pyrrole nitrogens is 1. The summed E-state index contributed by atoms with van der Waals surface area (Å²) in [5.74, 6) is 0.232. The topological polar surface area (TPSA) is 104 Å². The molecule has 3 N–H and O–H groups in total. The number of aromatic amines is 1. The monoisotopic (exact) mass is 232 g/mol. The van der Waals surface area contributed by atoms with Gasteiger partial charge in [0.15, 0.2) is 11.5 Å². The van der Waals surface area contributed by atoms with Crippen LogP contribution in [0.2, 0.25) is 0 Å². The number of hydrogen-bond acceptors (Lipinski definition) is 5. The van der Waals surface area contributed by atoms with E-state index in [1.807, 2.05) is 0 Å². The minimum Gasteiger partial charge on any atom is -0.508 e. The van der Waals surface area contributed by atoms with E-state index in [-0.39, 0.29) is 18.2 Å². The van der Waals surface area contributed by atoms with E-state index in [0.29, 0.717) is 16.6 Å². The number of phenols is 1. The molecule has 0 aliphatic heterocycles. The van der Waals surface area contributed by atoms with Crippen LogP contribution < -0.4 is 5.69 Å². The van der Waals surface area contributed by atoms with E-state index >= 15 is 0 Å². The Kier molecular flexibility index (Phi) is 1.89. The van der Waals surface area contributed by atoms with Gasteiger partial charge in [0, 0.05) is 11.5 Å². The molecule has 2 heterocycles. The number of aliphatic hydroxyl groups excluding tert-OH is 1. The summed E-state index contributed by atoms with van der Waals surface area (Å²) in [7, 11) is 0. The number of aliphatic hydroxyl groups is 1. The van der Waals surface area contributed by atoms with Crippen LogP contribution >= 0.6 is 0 Å². The molecule has 0 radical (unpaired) electrons. The fraction of sp³-hybridized carbons (Fsp3) is 0.100. The highest BCUT2D eigenvalue weighted by molar-refractivity contribution is 5.91. The zero-order valence-electron chi connectivity index (χ0n) is 8.58. The first-order valence-corrected chi connectivity index (χ1v) is 4.90.